The molecule has 0 aliphatic rings. The largest absolute Gasteiger partial charge is 0.274 e. The Morgan fingerprint density at radius 1 is 0.889 bits per heavy atom. The van der Waals surface area contributed by atoms with E-state index in [4.69, 9.17) is 4.84 Å². The Balaban J connectivity index is 3.18. The van der Waals surface area contributed by atoms with Gasteiger partial charge in [-0.25, -0.2) is 5.06 Å². The summed E-state index contributed by atoms with van der Waals surface area (Å²) in [6.45, 7) is 4.52. The Bertz CT molecular complexity index is 195. The van der Waals surface area contributed by atoms with Crippen molar-refractivity contribution in [3.63, 3.8) is 0 Å². The second-order valence-corrected chi connectivity index (χ2v) is 4.99. The van der Waals surface area contributed by atoms with E-state index in [0.717, 1.165) is 13.0 Å². The fourth-order valence-corrected chi connectivity index (χ4v) is 2.12. The standard InChI is InChI=1S/C15H31NO2/c1-4-5-6-7-8-9-10-11-12-13-14-16(18-3)15(2)17/h4-14H2,1-3H3. The van der Waals surface area contributed by atoms with Crippen LogP contribution in [-0.4, -0.2) is 24.6 Å². The number of unbranched alkanes of at least 4 members (excludes halogenated alkanes) is 9. The SMILES string of the molecule is CCCCCCCCCCCCN(OC)C(C)=O. The Morgan fingerprint density at radius 2 is 1.33 bits per heavy atom. The highest BCUT2D eigenvalue weighted by Gasteiger charge is 2.05. The van der Waals surface area contributed by atoms with Gasteiger partial charge in [-0.05, 0) is 6.42 Å². The number of carbonyl (C=O) groups is 1. The van der Waals surface area contributed by atoms with Crippen molar-refractivity contribution in [3.05, 3.63) is 0 Å². The van der Waals surface area contributed by atoms with E-state index in [2.05, 4.69) is 6.92 Å². The highest BCUT2D eigenvalue weighted by atomic mass is 16.7. The van der Waals surface area contributed by atoms with Crippen LogP contribution in [0.15, 0.2) is 0 Å². The lowest BCUT2D eigenvalue weighted by Gasteiger charge is -2.17. The first-order valence-electron chi connectivity index (χ1n) is 7.54. The molecule has 3 nitrogen and oxygen atoms in total. The number of nitrogens with zero attached hydrogens (tertiary/aromatic N) is 1. The number of hydrogen-bond acceptors (Lipinski definition) is 2. The molecule has 0 saturated carbocycles. The van der Waals surface area contributed by atoms with E-state index >= 15 is 0 Å². The van der Waals surface area contributed by atoms with Crippen molar-refractivity contribution in [2.75, 3.05) is 13.7 Å². The predicted octanol–water partition coefficient (Wildman–Crippen LogP) is 4.32. The second-order valence-electron chi connectivity index (χ2n) is 4.99. The molecule has 3 heteroatoms. The summed E-state index contributed by atoms with van der Waals surface area (Å²) in [5.74, 6) is -0.00609. The van der Waals surface area contributed by atoms with Crippen LogP contribution < -0.4 is 0 Å². The molecule has 0 aliphatic carbocycles. The molecule has 0 N–H and O–H groups in total. The molecule has 0 spiro atoms. The third-order valence-electron chi connectivity index (χ3n) is 3.29. The van der Waals surface area contributed by atoms with Gasteiger partial charge < -0.3 is 0 Å². The zero-order chi connectivity index (χ0) is 13.6. The van der Waals surface area contributed by atoms with E-state index in [1.165, 1.54) is 62.9 Å². The van der Waals surface area contributed by atoms with Gasteiger partial charge in [0.05, 0.1) is 7.11 Å². The average molecular weight is 257 g/mol. The molecule has 0 heterocycles. The van der Waals surface area contributed by atoms with Crippen LogP contribution >= 0.6 is 0 Å². The second kappa shape index (κ2) is 12.9. The fraction of sp³-hybridized carbons (Fsp3) is 0.933. The lowest BCUT2D eigenvalue weighted by atomic mass is 10.1. The van der Waals surface area contributed by atoms with Crippen LogP contribution in [-0.2, 0) is 9.63 Å². The minimum atomic E-state index is -0.00609. The van der Waals surface area contributed by atoms with Crippen LogP contribution in [0.1, 0.15) is 78.1 Å². The average Bonchev–Trinajstić information content (AvgIpc) is 2.35. The van der Waals surface area contributed by atoms with Crippen molar-refractivity contribution in [3.8, 4) is 0 Å². The van der Waals surface area contributed by atoms with Gasteiger partial charge in [0.1, 0.15) is 0 Å². The molecule has 0 aromatic heterocycles. The molecular formula is C15H31NO2. The van der Waals surface area contributed by atoms with Crippen LogP contribution in [0.25, 0.3) is 0 Å². The topological polar surface area (TPSA) is 29.5 Å². The number of hydroxylamine groups is 2. The van der Waals surface area contributed by atoms with Gasteiger partial charge in [0.15, 0.2) is 0 Å². The summed E-state index contributed by atoms with van der Waals surface area (Å²) in [7, 11) is 1.55. The normalized spacial score (nSPS) is 10.6. The molecule has 0 radical (unpaired) electrons. The maximum absolute atomic E-state index is 11.1. The van der Waals surface area contributed by atoms with E-state index in [-0.39, 0.29) is 5.91 Å². The van der Waals surface area contributed by atoms with Crippen molar-refractivity contribution in [2.45, 2.75) is 78.1 Å². The van der Waals surface area contributed by atoms with E-state index in [1.807, 2.05) is 0 Å². The summed E-state index contributed by atoms with van der Waals surface area (Å²) >= 11 is 0. The minimum absolute atomic E-state index is 0.00609. The first-order valence-corrected chi connectivity index (χ1v) is 7.54. The molecule has 1 amide bonds. The first kappa shape index (κ1) is 17.4. The van der Waals surface area contributed by atoms with Gasteiger partial charge in [0, 0.05) is 13.5 Å². The van der Waals surface area contributed by atoms with Crippen LogP contribution in [0, 0.1) is 0 Å². The summed E-state index contributed by atoms with van der Waals surface area (Å²) in [5, 5.41) is 1.44. The number of amides is 1. The summed E-state index contributed by atoms with van der Waals surface area (Å²) in [6.07, 6.45) is 13.1. The van der Waals surface area contributed by atoms with Crippen molar-refractivity contribution < 1.29 is 9.63 Å². The van der Waals surface area contributed by atoms with Gasteiger partial charge in [-0.2, -0.15) is 0 Å². The van der Waals surface area contributed by atoms with Gasteiger partial charge in [0.2, 0.25) is 5.91 Å². The van der Waals surface area contributed by atoms with Crippen LogP contribution in [0.3, 0.4) is 0 Å². The molecule has 0 rings (SSSR count). The Labute approximate surface area is 113 Å². The van der Waals surface area contributed by atoms with Gasteiger partial charge in [-0.1, -0.05) is 64.7 Å². The van der Waals surface area contributed by atoms with E-state index in [9.17, 15) is 4.79 Å². The van der Waals surface area contributed by atoms with Crippen molar-refractivity contribution in [1.82, 2.24) is 5.06 Å². The zero-order valence-electron chi connectivity index (χ0n) is 12.5. The predicted molar refractivity (Wildman–Crippen MR) is 76.2 cm³/mol. The summed E-state index contributed by atoms with van der Waals surface area (Å²) in [5.41, 5.74) is 0. The summed E-state index contributed by atoms with van der Waals surface area (Å²) < 4.78 is 0. The highest BCUT2D eigenvalue weighted by molar-refractivity contribution is 5.71. The van der Waals surface area contributed by atoms with Crippen molar-refractivity contribution >= 4 is 5.91 Å². The van der Waals surface area contributed by atoms with Gasteiger partial charge in [-0.15, -0.1) is 0 Å². The fourth-order valence-electron chi connectivity index (χ4n) is 2.12. The molecule has 0 aromatic rings. The van der Waals surface area contributed by atoms with Crippen LogP contribution in [0.4, 0.5) is 0 Å². The molecule has 0 fully saturated rings. The molecule has 0 saturated heterocycles. The van der Waals surface area contributed by atoms with Crippen LogP contribution in [0.2, 0.25) is 0 Å². The number of hydrogen-bond donors (Lipinski definition) is 0. The summed E-state index contributed by atoms with van der Waals surface area (Å²) in [6, 6.07) is 0. The first-order chi connectivity index (χ1) is 8.72. The quantitative estimate of drug-likeness (QED) is 0.385. The lowest BCUT2D eigenvalue weighted by Crippen LogP contribution is -2.28. The van der Waals surface area contributed by atoms with Gasteiger partial charge >= 0.3 is 0 Å². The third kappa shape index (κ3) is 10.6. The van der Waals surface area contributed by atoms with Crippen molar-refractivity contribution in [2.24, 2.45) is 0 Å². The maximum Gasteiger partial charge on any atom is 0.242 e. The molecule has 18 heavy (non-hydrogen) atoms. The van der Waals surface area contributed by atoms with Crippen molar-refractivity contribution in [1.29, 1.82) is 0 Å². The van der Waals surface area contributed by atoms with E-state index in [0.29, 0.717) is 0 Å². The smallest absolute Gasteiger partial charge is 0.242 e. The molecule has 108 valence electrons. The maximum atomic E-state index is 11.1. The zero-order valence-corrected chi connectivity index (χ0v) is 12.5. The highest BCUT2D eigenvalue weighted by Crippen LogP contribution is 2.10. The molecular weight excluding hydrogens is 226 g/mol. The Hall–Kier alpha value is -0.570. The molecule has 0 unspecified atom stereocenters. The number of rotatable bonds is 12. The monoisotopic (exact) mass is 257 g/mol. The molecule has 0 bridgehead atoms. The Morgan fingerprint density at radius 3 is 1.72 bits per heavy atom. The third-order valence-corrected chi connectivity index (χ3v) is 3.29. The van der Waals surface area contributed by atoms with E-state index < -0.39 is 0 Å². The number of carbonyl (C=O) groups excluding carboxylic acids is 1. The molecule has 0 aromatic carbocycles. The summed E-state index contributed by atoms with van der Waals surface area (Å²) in [4.78, 5) is 16.0. The van der Waals surface area contributed by atoms with Crippen LogP contribution in [0.5, 0.6) is 0 Å². The van der Waals surface area contributed by atoms with Gasteiger partial charge in [0.25, 0.3) is 0 Å². The van der Waals surface area contributed by atoms with Gasteiger partial charge in [-0.3, -0.25) is 9.63 Å². The van der Waals surface area contributed by atoms with E-state index in [1.54, 1.807) is 14.0 Å². The minimum Gasteiger partial charge on any atom is -0.274 e. The Kier molecular flexibility index (Phi) is 12.5. The molecule has 0 aliphatic heterocycles. The lowest BCUT2D eigenvalue weighted by molar-refractivity contribution is -0.173. The molecule has 0 atom stereocenters.